The van der Waals surface area contributed by atoms with Crippen LogP contribution < -0.4 is 0 Å². The van der Waals surface area contributed by atoms with Crippen LogP contribution in [0, 0.1) is 0 Å². The second-order valence-corrected chi connectivity index (χ2v) is 3.99. The van der Waals surface area contributed by atoms with Gasteiger partial charge in [0.15, 0.2) is 0 Å². The molecule has 6 heteroatoms. The maximum Gasteiger partial charge on any atom is 0.376 e. The van der Waals surface area contributed by atoms with E-state index in [-0.39, 0.29) is 16.9 Å². The second kappa shape index (κ2) is 5.27. The standard InChI is InChI=1S/C12H12ClNO4/c1-3-4-8-9(12(15)16-2)18-11(14-8)7-5-6-17-10(7)13/h5-6H,3-4H2,1-2H3. The molecule has 18 heavy (non-hydrogen) atoms. The minimum absolute atomic E-state index is 0.117. The van der Waals surface area contributed by atoms with E-state index in [1.165, 1.54) is 13.4 Å². The lowest BCUT2D eigenvalue weighted by atomic mass is 10.2. The number of hydrogen-bond acceptors (Lipinski definition) is 5. The van der Waals surface area contributed by atoms with Gasteiger partial charge in [0.1, 0.15) is 0 Å². The van der Waals surface area contributed by atoms with Crippen LogP contribution in [-0.2, 0) is 11.2 Å². The average molecular weight is 270 g/mol. The number of carbonyl (C=O) groups is 1. The number of halogens is 1. The summed E-state index contributed by atoms with van der Waals surface area (Å²) in [5, 5.41) is 0.177. The van der Waals surface area contributed by atoms with E-state index < -0.39 is 5.97 Å². The molecule has 0 bridgehead atoms. The number of aryl methyl sites for hydroxylation is 1. The Labute approximate surface area is 109 Å². The van der Waals surface area contributed by atoms with Crippen molar-refractivity contribution >= 4 is 17.6 Å². The number of hydrogen-bond donors (Lipinski definition) is 0. The molecule has 0 spiro atoms. The topological polar surface area (TPSA) is 65.5 Å². The summed E-state index contributed by atoms with van der Waals surface area (Å²) in [6, 6.07) is 1.63. The van der Waals surface area contributed by atoms with Gasteiger partial charge >= 0.3 is 5.97 Å². The summed E-state index contributed by atoms with van der Waals surface area (Å²) < 4.78 is 15.0. The number of esters is 1. The molecule has 0 radical (unpaired) electrons. The third kappa shape index (κ3) is 2.26. The van der Waals surface area contributed by atoms with Gasteiger partial charge in [-0.3, -0.25) is 0 Å². The normalized spacial score (nSPS) is 10.6. The van der Waals surface area contributed by atoms with Crippen LogP contribution in [0.2, 0.25) is 5.22 Å². The highest BCUT2D eigenvalue weighted by Gasteiger charge is 2.22. The summed E-state index contributed by atoms with van der Waals surface area (Å²) in [5.74, 6) is -0.166. The van der Waals surface area contributed by atoms with Crippen LogP contribution in [0.25, 0.3) is 11.5 Å². The van der Waals surface area contributed by atoms with Crippen LogP contribution in [0.3, 0.4) is 0 Å². The molecule has 0 aliphatic heterocycles. The van der Waals surface area contributed by atoms with Gasteiger partial charge in [-0.2, -0.15) is 0 Å². The first-order valence-electron chi connectivity index (χ1n) is 5.48. The van der Waals surface area contributed by atoms with Gasteiger partial charge in [-0.1, -0.05) is 13.3 Å². The van der Waals surface area contributed by atoms with Gasteiger partial charge in [0.25, 0.3) is 0 Å². The molecule has 0 unspecified atom stereocenters. The van der Waals surface area contributed by atoms with Crippen molar-refractivity contribution in [3.63, 3.8) is 0 Å². The molecule has 2 rings (SSSR count). The molecule has 0 saturated carbocycles. The Hall–Kier alpha value is -1.75. The first kappa shape index (κ1) is 12.7. The fourth-order valence-electron chi connectivity index (χ4n) is 1.57. The minimum Gasteiger partial charge on any atom is -0.463 e. The maximum absolute atomic E-state index is 11.6. The van der Waals surface area contributed by atoms with Crippen LogP contribution in [0.1, 0.15) is 29.6 Å². The molecule has 0 atom stereocenters. The lowest BCUT2D eigenvalue weighted by Crippen LogP contribution is -2.03. The van der Waals surface area contributed by atoms with E-state index in [0.717, 1.165) is 6.42 Å². The number of carbonyl (C=O) groups excluding carboxylic acids is 1. The zero-order chi connectivity index (χ0) is 13.1. The van der Waals surface area contributed by atoms with Gasteiger partial charge in [-0.15, -0.1) is 0 Å². The van der Waals surface area contributed by atoms with Crippen molar-refractivity contribution in [3.05, 3.63) is 29.0 Å². The van der Waals surface area contributed by atoms with Crippen molar-refractivity contribution in [2.24, 2.45) is 0 Å². The number of aromatic nitrogens is 1. The Morgan fingerprint density at radius 3 is 2.89 bits per heavy atom. The van der Waals surface area contributed by atoms with Crippen molar-refractivity contribution in [2.75, 3.05) is 7.11 Å². The van der Waals surface area contributed by atoms with E-state index >= 15 is 0 Å². The van der Waals surface area contributed by atoms with Crippen molar-refractivity contribution in [2.45, 2.75) is 19.8 Å². The smallest absolute Gasteiger partial charge is 0.376 e. The molecule has 0 amide bonds. The molecule has 5 nitrogen and oxygen atoms in total. The molecule has 96 valence electrons. The van der Waals surface area contributed by atoms with E-state index in [1.807, 2.05) is 6.92 Å². The third-order valence-corrected chi connectivity index (χ3v) is 2.70. The van der Waals surface area contributed by atoms with Gasteiger partial charge in [-0.05, 0) is 24.1 Å². The number of furan rings is 1. The molecule has 0 aliphatic carbocycles. The van der Waals surface area contributed by atoms with Crippen LogP contribution in [0.4, 0.5) is 0 Å². The van der Waals surface area contributed by atoms with Crippen LogP contribution in [0.15, 0.2) is 21.2 Å². The van der Waals surface area contributed by atoms with Crippen LogP contribution in [-0.4, -0.2) is 18.1 Å². The zero-order valence-electron chi connectivity index (χ0n) is 10.0. The predicted molar refractivity (Wildman–Crippen MR) is 64.5 cm³/mol. The number of nitrogens with zero attached hydrogens (tertiary/aromatic N) is 1. The highest BCUT2D eigenvalue weighted by molar-refractivity contribution is 6.31. The SMILES string of the molecule is CCCc1nc(-c2ccoc2Cl)oc1C(=O)OC. The first-order valence-corrected chi connectivity index (χ1v) is 5.86. The Balaban J connectivity index is 2.45. The number of ether oxygens (including phenoxy) is 1. The van der Waals surface area contributed by atoms with Crippen molar-refractivity contribution in [1.29, 1.82) is 0 Å². The number of oxazole rings is 1. The van der Waals surface area contributed by atoms with Crippen LogP contribution in [0.5, 0.6) is 0 Å². The largest absolute Gasteiger partial charge is 0.463 e. The molecular formula is C12H12ClNO4. The Bertz CT molecular complexity index is 558. The first-order chi connectivity index (χ1) is 8.67. The Morgan fingerprint density at radius 2 is 2.33 bits per heavy atom. The zero-order valence-corrected chi connectivity index (χ0v) is 10.8. The summed E-state index contributed by atoms with van der Waals surface area (Å²) >= 11 is 5.84. The molecule has 0 saturated heterocycles. The quantitative estimate of drug-likeness (QED) is 0.797. The van der Waals surface area contributed by atoms with E-state index in [4.69, 9.17) is 20.4 Å². The van der Waals surface area contributed by atoms with Gasteiger partial charge in [0.05, 0.1) is 24.6 Å². The summed E-state index contributed by atoms with van der Waals surface area (Å²) in [6.07, 6.45) is 2.90. The van der Waals surface area contributed by atoms with Gasteiger partial charge in [-0.25, -0.2) is 9.78 Å². The monoisotopic (exact) mass is 269 g/mol. The molecule has 2 aromatic rings. The van der Waals surface area contributed by atoms with E-state index in [1.54, 1.807) is 6.07 Å². The molecule has 2 heterocycles. The summed E-state index contributed by atoms with van der Waals surface area (Å²) in [5.41, 5.74) is 1.08. The molecule has 0 fully saturated rings. The summed E-state index contributed by atoms with van der Waals surface area (Å²) in [6.45, 7) is 1.99. The van der Waals surface area contributed by atoms with Gasteiger partial charge in [0.2, 0.25) is 16.9 Å². The fraction of sp³-hybridized carbons (Fsp3) is 0.333. The lowest BCUT2D eigenvalue weighted by molar-refractivity contribution is 0.0564. The number of methoxy groups -OCH3 is 1. The Kier molecular flexibility index (Phi) is 3.72. The molecule has 0 aromatic carbocycles. The molecule has 2 aromatic heterocycles. The fourth-order valence-corrected chi connectivity index (χ4v) is 1.77. The van der Waals surface area contributed by atoms with E-state index in [9.17, 15) is 4.79 Å². The van der Waals surface area contributed by atoms with E-state index in [0.29, 0.717) is 17.7 Å². The highest BCUT2D eigenvalue weighted by Crippen LogP contribution is 2.30. The average Bonchev–Trinajstić information content (AvgIpc) is 2.95. The molecule has 0 N–H and O–H groups in total. The maximum atomic E-state index is 11.6. The highest BCUT2D eigenvalue weighted by atomic mass is 35.5. The van der Waals surface area contributed by atoms with E-state index in [2.05, 4.69) is 9.72 Å². The van der Waals surface area contributed by atoms with Crippen molar-refractivity contribution in [3.8, 4) is 11.5 Å². The third-order valence-electron chi connectivity index (χ3n) is 2.40. The van der Waals surface area contributed by atoms with Gasteiger partial charge in [0, 0.05) is 0 Å². The Morgan fingerprint density at radius 1 is 1.56 bits per heavy atom. The van der Waals surface area contributed by atoms with Crippen molar-refractivity contribution in [1.82, 2.24) is 4.98 Å². The summed E-state index contributed by atoms with van der Waals surface area (Å²) in [4.78, 5) is 15.8. The summed E-state index contributed by atoms with van der Waals surface area (Å²) in [7, 11) is 1.30. The lowest BCUT2D eigenvalue weighted by Gasteiger charge is -1.96. The predicted octanol–water partition coefficient (Wildman–Crippen LogP) is 3.33. The molecule has 0 aliphatic rings. The number of rotatable bonds is 4. The van der Waals surface area contributed by atoms with Gasteiger partial charge < -0.3 is 13.6 Å². The second-order valence-electron chi connectivity index (χ2n) is 3.64. The van der Waals surface area contributed by atoms with Crippen LogP contribution >= 0.6 is 11.6 Å². The molecular weight excluding hydrogens is 258 g/mol. The van der Waals surface area contributed by atoms with Crippen molar-refractivity contribution < 1.29 is 18.4 Å². The minimum atomic E-state index is -0.545.